The monoisotopic (exact) mass is 238 g/mol. The molecule has 1 aromatic carbocycles. The molecule has 1 unspecified atom stereocenters. The third kappa shape index (κ3) is 4.16. The zero-order valence-electron chi connectivity index (χ0n) is 9.20. The lowest BCUT2D eigenvalue weighted by Gasteiger charge is -2.12. The summed E-state index contributed by atoms with van der Waals surface area (Å²) in [5, 5.41) is 17.6. The Morgan fingerprint density at radius 3 is 2.47 bits per heavy atom. The van der Waals surface area contributed by atoms with Crippen LogP contribution in [0.3, 0.4) is 0 Å². The average molecular weight is 238 g/mol. The minimum Gasteiger partial charge on any atom is -0.486 e. The van der Waals surface area contributed by atoms with Gasteiger partial charge in [-0.2, -0.15) is 0 Å². The first-order valence-corrected chi connectivity index (χ1v) is 5.01. The summed E-state index contributed by atoms with van der Waals surface area (Å²) >= 11 is 0. The van der Waals surface area contributed by atoms with Gasteiger partial charge in [0.05, 0.1) is 0 Å². The Morgan fingerprint density at radius 1 is 1.35 bits per heavy atom. The van der Waals surface area contributed by atoms with Crippen molar-refractivity contribution in [3.05, 3.63) is 36.9 Å². The topological polar surface area (TPSA) is 76.0 Å². The standard InChI is InChI=1S/C12H14O5/c1-2-7-16-10-5-3-4-6-11(10)17-8-9(13)12(14)15/h2-6,9,13H,1,7-8H2,(H,14,15). The second kappa shape index (κ2) is 6.55. The molecule has 0 radical (unpaired) electrons. The Kier molecular flexibility index (Phi) is 5.03. The van der Waals surface area contributed by atoms with E-state index in [0.717, 1.165) is 0 Å². The summed E-state index contributed by atoms with van der Waals surface area (Å²) in [5.74, 6) is -0.464. The fraction of sp³-hybridized carbons (Fsp3) is 0.250. The van der Waals surface area contributed by atoms with Crippen molar-refractivity contribution < 1.29 is 24.5 Å². The van der Waals surface area contributed by atoms with Gasteiger partial charge in [-0.1, -0.05) is 24.8 Å². The number of ether oxygens (including phenoxy) is 2. The molecule has 0 aliphatic rings. The highest BCUT2D eigenvalue weighted by molar-refractivity contribution is 5.72. The summed E-state index contributed by atoms with van der Waals surface area (Å²) in [7, 11) is 0. The first-order chi connectivity index (χ1) is 8.15. The molecule has 1 atom stereocenters. The molecule has 5 heteroatoms. The van der Waals surface area contributed by atoms with Gasteiger partial charge in [-0.25, -0.2) is 4.79 Å². The number of carboxylic acid groups (broad SMARTS) is 1. The van der Waals surface area contributed by atoms with Gasteiger partial charge in [-0.3, -0.25) is 0 Å². The smallest absolute Gasteiger partial charge is 0.336 e. The fourth-order valence-corrected chi connectivity index (χ4v) is 1.08. The van der Waals surface area contributed by atoms with Crippen LogP contribution in [-0.2, 0) is 4.79 Å². The minimum absolute atomic E-state index is 0.321. The molecule has 0 saturated heterocycles. The number of aliphatic hydroxyl groups is 1. The third-order valence-corrected chi connectivity index (χ3v) is 1.89. The third-order valence-electron chi connectivity index (χ3n) is 1.89. The van der Waals surface area contributed by atoms with Crippen LogP contribution in [0.25, 0.3) is 0 Å². The van der Waals surface area contributed by atoms with Crippen LogP contribution in [0.1, 0.15) is 0 Å². The van der Waals surface area contributed by atoms with Crippen LogP contribution >= 0.6 is 0 Å². The molecular weight excluding hydrogens is 224 g/mol. The van der Waals surface area contributed by atoms with Crippen LogP contribution in [0.2, 0.25) is 0 Å². The van der Waals surface area contributed by atoms with Gasteiger partial charge in [0.25, 0.3) is 0 Å². The van der Waals surface area contributed by atoms with Crippen LogP contribution in [0.15, 0.2) is 36.9 Å². The largest absolute Gasteiger partial charge is 0.486 e. The van der Waals surface area contributed by atoms with Gasteiger partial charge in [0.1, 0.15) is 13.2 Å². The first kappa shape index (κ1) is 13.1. The SMILES string of the molecule is C=CCOc1ccccc1OCC(O)C(=O)O. The maximum Gasteiger partial charge on any atom is 0.336 e. The van der Waals surface area contributed by atoms with Gasteiger partial charge in [0.2, 0.25) is 0 Å². The van der Waals surface area contributed by atoms with Crippen molar-refractivity contribution in [3.8, 4) is 11.5 Å². The van der Waals surface area contributed by atoms with E-state index in [-0.39, 0.29) is 6.61 Å². The molecule has 0 aliphatic heterocycles. The molecule has 0 fully saturated rings. The Hall–Kier alpha value is -2.01. The lowest BCUT2D eigenvalue weighted by atomic mass is 10.3. The Morgan fingerprint density at radius 2 is 1.94 bits per heavy atom. The normalized spacial score (nSPS) is 11.6. The van der Waals surface area contributed by atoms with Crippen molar-refractivity contribution >= 4 is 5.97 Å². The number of aliphatic hydroxyl groups excluding tert-OH is 1. The van der Waals surface area contributed by atoms with Crippen LogP contribution in [0, 0.1) is 0 Å². The lowest BCUT2D eigenvalue weighted by molar-refractivity contribution is -0.148. The highest BCUT2D eigenvalue weighted by Crippen LogP contribution is 2.26. The van der Waals surface area contributed by atoms with Crippen LogP contribution < -0.4 is 9.47 Å². The van der Waals surface area contributed by atoms with Crippen molar-refractivity contribution in [3.63, 3.8) is 0 Å². The lowest BCUT2D eigenvalue weighted by Crippen LogP contribution is -2.26. The summed E-state index contributed by atoms with van der Waals surface area (Å²) in [6.07, 6.45) is 0.0329. The zero-order valence-corrected chi connectivity index (χ0v) is 9.20. The molecule has 0 aromatic heterocycles. The molecule has 0 saturated carbocycles. The van der Waals surface area contributed by atoms with Crippen molar-refractivity contribution in [2.75, 3.05) is 13.2 Å². The average Bonchev–Trinajstić information content (AvgIpc) is 2.34. The van der Waals surface area contributed by atoms with Gasteiger partial charge < -0.3 is 19.7 Å². The number of para-hydroxylation sites is 2. The van der Waals surface area contributed by atoms with Gasteiger partial charge in [0.15, 0.2) is 17.6 Å². The van der Waals surface area contributed by atoms with E-state index in [1.54, 1.807) is 30.3 Å². The summed E-state index contributed by atoms with van der Waals surface area (Å²) in [6, 6.07) is 6.81. The quantitative estimate of drug-likeness (QED) is 0.695. The Labute approximate surface area is 98.9 Å². The predicted molar refractivity (Wildman–Crippen MR) is 61.3 cm³/mol. The number of hydrogen-bond donors (Lipinski definition) is 2. The number of carboxylic acids is 1. The molecule has 92 valence electrons. The maximum atomic E-state index is 10.4. The van der Waals surface area contributed by atoms with Crippen molar-refractivity contribution in [1.29, 1.82) is 0 Å². The van der Waals surface area contributed by atoms with Gasteiger partial charge in [0, 0.05) is 0 Å². The number of rotatable bonds is 7. The highest BCUT2D eigenvalue weighted by atomic mass is 16.5. The molecule has 0 bridgehead atoms. The maximum absolute atomic E-state index is 10.4. The molecule has 0 spiro atoms. The molecule has 2 N–H and O–H groups in total. The number of aliphatic carboxylic acids is 1. The zero-order chi connectivity index (χ0) is 12.7. The van der Waals surface area contributed by atoms with Crippen molar-refractivity contribution in [2.24, 2.45) is 0 Å². The van der Waals surface area contributed by atoms with E-state index in [1.165, 1.54) is 0 Å². The van der Waals surface area contributed by atoms with Crippen LogP contribution in [-0.4, -0.2) is 35.5 Å². The number of carbonyl (C=O) groups is 1. The summed E-state index contributed by atoms with van der Waals surface area (Å²) in [5.41, 5.74) is 0. The highest BCUT2D eigenvalue weighted by Gasteiger charge is 2.14. The van der Waals surface area contributed by atoms with E-state index in [1.807, 2.05) is 0 Å². The van der Waals surface area contributed by atoms with Gasteiger partial charge in [-0.05, 0) is 12.1 Å². The number of hydrogen-bond acceptors (Lipinski definition) is 4. The predicted octanol–water partition coefficient (Wildman–Crippen LogP) is 1.08. The number of benzene rings is 1. The van der Waals surface area contributed by atoms with E-state index in [2.05, 4.69) is 6.58 Å². The van der Waals surface area contributed by atoms with E-state index in [0.29, 0.717) is 18.1 Å². The van der Waals surface area contributed by atoms with E-state index < -0.39 is 12.1 Å². The van der Waals surface area contributed by atoms with Gasteiger partial charge >= 0.3 is 5.97 Å². The molecule has 1 aromatic rings. The Bertz CT molecular complexity index is 388. The van der Waals surface area contributed by atoms with E-state index >= 15 is 0 Å². The van der Waals surface area contributed by atoms with E-state index in [4.69, 9.17) is 19.7 Å². The minimum atomic E-state index is -1.55. The first-order valence-electron chi connectivity index (χ1n) is 5.01. The second-order valence-electron chi connectivity index (χ2n) is 3.21. The summed E-state index contributed by atoms with van der Waals surface area (Å²) < 4.78 is 10.5. The molecule has 5 nitrogen and oxygen atoms in total. The summed E-state index contributed by atoms with van der Waals surface area (Å²) in [6.45, 7) is 3.51. The van der Waals surface area contributed by atoms with Gasteiger partial charge in [-0.15, -0.1) is 0 Å². The Balaban J connectivity index is 2.63. The molecular formula is C12H14O5. The fourth-order valence-electron chi connectivity index (χ4n) is 1.08. The van der Waals surface area contributed by atoms with Crippen LogP contribution in [0.4, 0.5) is 0 Å². The summed E-state index contributed by atoms with van der Waals surface area (Å²) in [4.78, 5) is 10.4. The molecule has 0 aliphatic carbocycles. The van der Waals surface area contributed by atoms with Crippen molar-refractivity contribution in [1.82, 2.24) is 0 Å². The second-order valence-corrected chi connectivity index (χ2v) is 3.21. The molecule has 0 heterocycles. The molecule has 1 rings (SSSR count). The molecule has 17 heavy (non-hydrogen) atoms. The van der Waals surface area contributed by atoms with Crippen molar-refractivity contribution in [2.45, 2.75) is 6.10 Å². The molecule has 0 amide bonds. The van der Waals surface area contributed by atoms with E-state index in [9.17, 15) is 4.79 Å². The van der Waals surface area contributed by atoms with Crippen LogP contribution in [0.5, 0.6) is 11.5 Å².